The summed E-state index contributed by atoms with van der Waals surface area (Å²) in [6.45, 7) is 1.86. The second kappa shape index (κ2) is 5.05. The summed E-state index contributed by atoms with van der Waals surface area (Å²) in [7, 11) is 0. The van der Waals surface area contributed by atoms with Crippen LogP contribution in [0, 0.1) is 6.92 Å². The normalized spacial score (nSPS) is 15.6. The van der Waals surface area contributed by atoms with Gasteiger partial charge in [-0.2, -0.15) is 13.9 Å². The molecule has 1 aliphatic rings. The summed E-state index contributed by atoms with van der Waals surface area (Å²) in [5.74, 6) is -2.48. The molecule has 0 saturated carbocycles. The summed E-state index contributed by atoms with van der Waals surface area (Å²) < 4.78 is 28.2. The average molecular weight is 334 g/mol. The van der Waals surface area contributed by atoms with E-state index < -0.39 is 5.92 Å². The van der Waals surface area contributed by atoms with Gasteiger partial charge in [0.15, 0.2) is 5.13 Å². The van der Waals surface area contributed by atoms with Crippen molar-refractivity contribution in [3.63, 3.8) is 0 Å². The molecule has 0 radical (unpaired) electrons. The number of fused-ring (bicyclic) bond motifs is 3. The molecule has 0 fully saturated rings. The Morgan fingerprint density at radius 3 is 3.04 bits per heavy atom. The number of aryl methyl sites for hydroxylation is 2. The van der Waals surface area contributed by atoms with E-state index in [9.17, 15) is 8.78 Å². The summed E-state index contributed by atoms with van der Waals surface area (Å²) in [6, 6.07) is 1.79. The van der Waals surface area contributed by atoms with Crippen LogP contribution < -0.4 is 5.32 Å². The molecule has 3 aromatic rings. The highest BCUT2D eigenvalue weighted by molar-refractivity contribution is 7.16. The first-order chi connectivity index (χ1) is 11.0. The number of anilines is 2. The third kappa shape index (κ3) is 2.46. The quantitative estimate of drug-likeness (QED) is 0.751. The van der Waals surface area contributed by atoms with E-state index in [1.54, 1.807) is 12.3 Å². The maximum absolute atomic E-state index is 14.1. The zero-order valence-electron chi connectivity index (χ0n) is 12.1. The van der Waals surface area contributed by atoms with Crippen molar-refractivity contribution < 1.29 is 8.78 Å². The lowest BCUT2D eigenvalue weighted by atomic mass is 10.1. The predicted molar refractivity (Wildman–Crippen MR) is 82.0 cm³/mol. The second-order valence-electron chi connectivity index (χ2n) is 5.30. The number of hydrogen-bond acceptors (Lipinski definition) is 6. The first-order valence-corrected chi connectivity index (χ1v) is 7.83. The van der Waals surface area contributed by atoms with Gasteiger partial charge < -0.3 is 5.32 Å². The number of aromatic amines is 1. The van der Waals surface area contributed by atoms with E-state index in [1.165, 1.54) is 17.5 Å². The number of H-pyrrole nitrogens is 1. The first-order valence-electron chi connectivity index (χ1n) is 7.01. The largest absolute Gasteiger partial charge is 0.300 e. The molecular formula is C14H12F2N6S. The van der Waals surface area contributed by atoms with Gasteiger partial charge >= 0.3 is 0 Å². The number of alkyl halides is 2. The number of rotatable bonds is 2. The van der Waals surface area contributed by atoms with Crippen molar-refractivity contribution in [1.29, 1.82) is 0 Å². The molecule has 2 N–H and O–H groups in total. The van der Waals surface area contributed by atoms with Crippen molar-refractivity contribution in [1.82, 2.24) is 25.1 Å². The lowest BCUT2D eigenvalue weighted by Crippen LogP contribution is -2.14. The van der Waals surface area contributed by atoms with Crippen LogP contribution in [-0.2, 0) is 12.3 Å². The lowest BCUT2D eigenvalue weighted by Gasteiger charge is -2.12. The van der Waals surface area contributed by atoms with Crippen LogP contribution in [0.4, 0.5) is 19.9 Å². The zero-order valence-corrected chi connectivity index (χ0v) is 12.9. The summed E-state index contributed by atoms with van der Waals surface area (Å²) >= 11 is 1.34. The minimum Gasteiger partial charge on any atom is -0.300 e. The average Bonchev–Trinajstić information content (AvgIpc) is 3.10. The number of nitrogens with one attached hydrogen (secondary N) is 2. The number of aromatic nitrogens is 5. The van der Waals surface area contributed by atoms with Crippen LogP contribution in [-0.4, -0.2) is 25.1 Å². The molecular weight excluding hydrogens is 322 g/mol. The highest BCUT2D eigenvalue weighted by atomic mass is 32.1. The SMILES string of the molecule is Cc1ccnc(Nc2nc3c(s2)CCC(F)(F)c2[nH]ncc2-3)n1. The summed E-state index contributed by atoms with van der Waals surface area (Å²) in [5.41, 5.74) is 1.57. The summed E-state index contributed by atoms with van der Waals surface area (Å²) in [4.78, 5) is 13.6. The van der Waals surface area contributed by atoms with E-state index in [4.69, 9.17) is 0 Å². The Morgan fingerprint density at radius 1 is 1.35 bits per heavy atom. The van der Waals surface area contributed by atoms with Crippen LogP contribution in [0.15, 0.2) is 18.5 Å². The van der Waals surface area contributed by atoms with Crippen LogP contribution in [0.25, 0.3) is 11.3 Å². The van der Waals surface area contributed by atoms with Crippen LogP contribution in [0.3, 0.4) is 0 Å². The Morgan fingerprint density at radius 2 is 2.22 bits per heavy atom. The number of halogens is 2. The van der Waals surface area contributed by atoms with Gasteiger partial charge in [-0.05, 0) is 19.4 Å². The molecule has 118 valence electrons. The number of hydrogen-bond donors (Lipinski definition) is 2. The molecule has 0 atom stereocenters. The van der Waals surface area contributed by atoms with Gasteiger partial charge in [-0.15, -0.1) is 11.3 Å². The molecule has 0 aliphatic heterocycles. The highest BCUT2D eigenvalue weighted by Crippen LogP contribution is 2.44. The molecule has 0 saturated heterocycles. The van der Waals surface area contributed by atoms with Crippen molar-refractivity contribution in [2.75, 3.05) is 5.32 Å². The van der Waals surface area contributed by atoms with Crippen LogP contribution in [0.1, 0.15) is 22.7 Å². The van der Waals surface area contributed by atoms with Crippen LogP contribution >= 0.6 is 11.3 Å². The van der Waals surface area contributed by atoms with Gasteiger partial charge in [0.05, 0.1) is 11.9 Å². The summed E-state index contributed by atoms with van der Waals surface area (Å²) in [5, 5.41) is 9.79. The smallest absolute Gasteiger partial charge is 0.290 e. The van der Waals surface area contributed by atoms with Crippen molar-refractivity contribution in [2.24, 2.45) is 0 Å². The van der Waals surface area contributed by atoms with Crippen LogP contribution in [0.2, 0.25) is 0 Å². The van der Waals surface area contributed by atoms with E-state index in [-0.39, 0.29) is 18.5 Å². The Bertz CT molecular complexity index is 872. The van der Waals surface area contributed by atoms with Gasteiger partial charge in [0.1, 0.15) is 5.69 Å². The van der Waals surface area contributed by atoms with Crippen LogP contribution in [0.5, 0.6) is 0 Å². The maximum atomic E-state index is 14.1. The van der Waals surface area contributed by atoms with Crippen molar-refractivity contribution in [2.45, 2.75) is 25.7 Å². The van der Waals surface area contributed by atoms with Gasteiger partial charge in [0.2, 0.25) is 5.95 Å². The second-order valence-corrected chi connectivity index (χ2v) is 6.38. The minimum atomic E-state index is -2.92. The summed E-state index contributed by atoms with van der Waals surface area (Å²) in [6.07, 6.45) is 3.05. The fraction of sp³-hybridized carbons (Fsp3) is 0.286. The monoisotopic (exact) mass is 334 g/mol. The first kappa shape index (κ1) is 14.2. The van der Waals surface area contributed by atoms with Gasteiger partial charge in [0.25, 0.3) is 5.92 Å². The van der Waals surface area contributed by atoms with E-state index in [2.05, 4.69) is 30.5 Å². The van der Waals surface area contributed by atoms with E-state index >= 15 is 0 Å². The standard InChI is InChI=1S/C14H12F2N6S/c1-7-3-5-17-12(19-7)21-13-20-10-8-6-18-22-11(8)14(15,16)4-2-9(10)23-13/h3,5-6H,2,4H2,1H3,(H,18,22)(H,17,19,20,21). The Kier molecular flexibility index (Phi) is 3.12. The molecule has 23 heavy (non-hydrogen) atoms. The fourth-order valence-electron chi connectivity index (χ4n) is 2.53. The Hall–Kier alpha value is -2.42. The van der Waals surface area contributed by atoms with E-state index in [0.29, 0.717) is 22.3 Å². The molecule has 0 aromatic carbocycles. The van der Waals surface area contributed by atoms with Gasteiger partial charge in [0, 0.05) is 28.8 Å². The molecule has 0 amide bonds. The molecule has 3 heterocycles. The van der Waals surface area contributed by atoms with Gasteiger partial charge in [-0.1, -0.05) is 0 Å². The molecule has 0 unspecified atom stereocenters. The van der Waals surface area contributed by atoms with Gasteiger partial charge in [-0.3, -0.25) is 5.10 Å². The Balaban J connectivity index is 1.73. The fourth-order valence-corrected chi connectivity index (χ4v) is 3.50. The molecule has 1 aliphatic carbocycles. The third-order valence-electron chi connectivity index (χ3n) is 3.64. The topological polar surface area (TPSA) is 79.4 Å². The molecule has 0 bridgehead atoms. The van der Waals surface area contributed by atoms with Crippen molar-refractivity contribution in [3.05, 3.63) is 34.7 Å². The molecule has 4 rings (SSSR count). The molecule has 6 nitrogen and oxygen atoms in total. The van der Waals surface area contributed by atoms with Gasteiger partial charge in [-0.25, -0.2) is 15.0 Å². The molecule has 0 spiro atoms. The highest BCUT2D eigenvalue weighted by Gasteiger charge is 2.40. The predicted octanol–water partition coefficient (Wildman–Crippen LogP) is 3.41. The lowest BCUT2D eigenvalue weighted by molar-refractivity contribution is -0.0159. The molecule has 9 heteroatoms. The number of thiazole rings is 1. The molecule has 3 aromatic heterocycles. The number of nitrogens with zero attached hydrogens (tertiary/aromatic N) is 4. The maximum Gasteiger partial charge on any atom is 0.290 e. The van der Waals surface area contributed by atoms with Crippen molar-refractivity contribution in [3.8, 4) is 11.3 Å². The van der Waals surface area contributed by atoms with E-state index in [1.807, 2.05) is 6.92 Å². The third-order valence-corrected chi connectivity index (χ3v) is 4.67. The van der Waals surface area contributed by atoms with E-state index in [0.717, 1.165) is 10.6 Å². The van der Waals surface area contributed by atoms with Crippen molar-refractivity contribution >= 4 is 22.4 Å². The Labute approximate surface area is 134 Å². The zero-order chi connectivity index (χ0) is 16.0. The minimum absolute atomic E-state index is 0.167.